The lowest BCUT2D eigenvalue weighted by atomic mass is 9.91. The molecule has 0 radical (unpaired) electrons. The maximum absolute atomic E-state index is 3.48. The number of nitrogens with one attached hydrogen (secondary N) is 1. The predicted octanol–water partition coefficient (Wildman–Crippen LogP) is 4.11. The fourth-order valence-corrected chi connectivity index (χ4v) is 2.39. The van der Waals surface area contributed by atoms with Crippen LogP contribution in [0.15, 0.2) is 53.0 Å². The van der Waals surface area contributed by atoms with Crippen LogP contribution in [0.25, 0.3) is 0 Å². The second-order valence-corrected chi connectivity index (χ2v) is 5.49. The molecule has 0 saturated heterocycles. The van der Waals surface area contributed by atoms with Crippen molar-refractivity contribution in [2.75, 3.05) is 13.6 Å². The van der Waals surface area contributed by atoms with Gasteiger partial charge in [-0.15, -0.1) is 0 Å². The molecule has 94 valence electrons. The third-order valence-corrected chi connectivity index (χ3v) is 3.69. The highest BCUT2D eigenvalue weighted by Gasteiger charge is 2.12. The van der Waals surface area contributed by atoms with E-state index in [-0.39, 0.29) is 0 Å². The second kappa shape index (κ2) is 6.17. The Balaban J connectivity index is 2.33. The van der Waals surface area contributed by atoms with Gasteiger partial charge in [-0.05, 0) is 37.2 Å². The number of aryl methyl sites for hydroxylation is 1. The molecule has 0 amide bonds. The molecule has 2 rings (SSSR count). The lowest BCUT2D eigenvalue weighted by Crippen LogP contribution is -2.18. The molecule has 1 nitrogen and oxygen atoms in total. The molecule has 2 aromatic rings. The Bertz CT molecular complexity index is 442. The van der Waals surface area contributed by atoms with Crippen LogP contribution in [0, 0.1) is 6.92 Å². The van der Waals surface area contributed by atoms with Crippen molar-refractivity contribution >= 4 is 15.9 Å². The molecule has 0 saturated carbocycles. The van der Waals surface area contributed by atoms with Crippen molar-refractivity contribution in [2.45, 2.75) is 12.8 Å². The predicted molar refractivity (Wildman–Crippen MR) is 81.1 cm³/mol. The first-order valence-electron chi connectivity index (χ1n) is 6.17. The number of halogens is 1. The Labute approximate surface area is 117 Å². The number of hydrogen-bond acceptors (Lipinski definition) is 1. The lowest BCUT2D eigenvalue weighted by Gasteiger charge is -2.18. The minimum absolute atomic E-state index is 0.406. The molecule has 2 aromatic carbocycles. The van der Waals surface area contributed by atoms with Crippen molar-refractivity contribution in [3.63, 3.8) is 0 Å². The highest BCUT2D eigenvalue weighted by molar-refractivity contribution is 9.10. The van der Waals surface area contributed by atoms with E-state index in [9.17, 15) is 0 Å². The van der Waals surface area contributed by atoms with E-state index in [2.05, 4.69) is 76.7 Å². The summed E-state index contributed by atoms with van der Waals surface area (Å²) >= 11 is 3.48. The molecule has 0 aliphatic carbocycles. The molecule has 0 heterocycles. The lowest BCUT2D eigenvalue weighted by molar-refractivity contribution is 0.708. The van der Waals surface area contributed by atoms with Gasteiger partial charge in [-0.3, -0.25) is 0 Å². The zero-order valence-electron chi connectivity index (χ0n) is 10.8. The van der Waals surface area contributed by atoms with Gasteiger partial charge in [-0.1, -0.05) is 57.9 Å². The van der Waals surface area contributed by atoms with Crippen molar-refractivity contribution in [3.05, 3.63) is 69.7 Å². The first-order chi connectivity index (χ1) is 8.70. The minimum Gasteiger partial charge on any atom is -0.319 e. The van der Waals surface area contributed by atoms with E-state index in [4.69, 9.17) is 0 Å². The van der Waals surface area contributed by atoms with E-state index in [1.807, 2.05) is 7.05 Å². The Morgan fingerprint density at radius 1 is 0.944 bits per heavy atom. The Kier molecular flexibility index (Phi) is 4.56. The highest BCUT2D eigenvalue weighted by atomic mass is 79.9. The summed E-state index contributed by atoms with van der Waals surface area (Å²) in [6.45, 7) is 3.07. The summed E-state index contributed by atoms with van der Waals surface area (Å²) in [5.41, 5.74) is 4.01. The van der Waals surface area contributed by atoms with Crippen LogP contribution in [0.3, 0.4) is 0 Å². The number of hydrogen-bond donors (Lipinski definition) is 1. The van der Waals surface area contributed by atoms with Gasteiger partial charge in [0, 0.05) is 16.9 Å². The molecule has 0 aromatic heterocycles. The highest BCUT2D eigenvalue weighted by Crippen LogP contribution is 2.25. The van der Waals surface area contributed by atoms with Crippen molar-refractivity contribution in [3.8, 4) is 0 Å². The van der Waals surface area contributed by atoms with Crippen LogP contribution in [0.4, 0.5) is 0 Å². The molecular formula is C16H18BrN. The minimum atomic E-state index is 0.406. The number of rotatable bonds is 4. The summed E-state index contributed by atoms with van der Waals surface area (Å²) in [7, 11) is 2.00. The van der Waals surface area contributed by atoms with Crippen molar-refractivity contribution < 1.29 is 0 Å². The first-order valence-corrected chi connectivity index (χ1v) is 6.96. The fraction of sp³-hybridized carbons (Fsp3) is 0.250. The molecule has 0 fully saturated rings. The molecule has 0 spiro atoms. The summed E-state index contributed by atoms with van der Waals surface area (Å²) in [6.07, 6.45) is 0. The van der Waals surface area contributed by atoms with Crippen LogP contribution < -0.4 is 5.32 Å². The SMILES string of the molecule is CNCC(c1ccc(C)cc1)c1ccc(Br)cc1. The van der Waals surface area contributed by atoms with Crippen LogP contribution in [0.5, 0.6) is 0 Å². The third kappa shape index (κ3) is 3.21. The monoisotopic (exact) mass is 303 g/mol. The molecule has 1 unspecified atom stereocenters. The summed E-state index contributed by atoms with van der Waals surface area (Å²) in [6, 6.07) is 17.4. The summed E-state index contributed by atoms with van der Waals surface area (Å²) in [5.74, 6) is 0.406. The van der Waals surface area contributed by atoms with Gasteiger partial charge in [0.1, 0.15) is 0 Å². The van der Waals surface area contributed by atoms with Crippen LogP contribution in [0.1, 0.15) is 22.6 Å². The first kappa shape index (κ1) is 13.3. The van der Waals surface area contributed by atoms with E-state index in [0.717, 1.165) is 11.0 Å². The van der Waals surface area contributed by atoms with Gasteiger partial charge in [-0.2, -0.15) is 0 Å². The molecule has 0 aliphatic heterocycles. The quantitative estimate of drug-likeness (QED) is 0.896. The van der Waals surface area contributed by atoms with Crippen molar-refractivity contribution in [1.82, 2.24) is 5.32 Å². The number of benzene rings is 2. The van der Waals surface area contributed by atoms with Gasteiger partial charge in [0.2, 0.25) is 0 Å². The maximum Gasteiger partial charge on any atom is 0.0214 e. The zero-order valence-corrected chi connectivity index (χ0v) is 12.4. The molecule has 0 aliphatic rings. The molecule has 2 heteroatoms. The summed E-state index contributed by atoms with van der Waals surface area (Å²) in [5, 5.41) is 3.28. The molecule has 1 N–H and O–H groups in total. The van der Waals surface area contributed by atoms with E-state index >= 15 is 0 Å². The van der Waals surface area contributed by atoms with Crippen LogP contribution >= 0.6 is 15.9 Å². The van der Waals surface area contributed by atoms with E-state index in [1.54, 1.807) is 0 Å². The van der Waals surface area contributed by atoms with Gasteiger partial charge < -0.3 is 5.32 Å². The van der Waals surface area contributed by atoms with Gasteiger partial charge in [0.25, 0.3) is 0 Å². The summed E-state index contributed by atoms with van der Waals surface area (Å²) in [4.78, 5) is 0. The second-order valence-electron chi connectivity index (χ2n) is 4.57. The average Bonchev–Trinajstić information content (AvgIpc) is 2.39. The normalized spacial score (nSPS) is 12.4. The van der Waals surface area contributed by atoms with Gasteiger partial charge in [-0.25, -0.2) is 0 Å². The molecule has 0 bridgehead atoms. The standard InChI is InChI=1S/C16H18BrN/c1-12-3-5-13(6-4-12)16(11-18-2)14-7-9-15(17)10-8-14/h3-10,16,18H,11H2,1-2H3. The summed E-state index contributed by atoms with van der Waals surface area (Å²) < 4.78 is 1.12. The topological polar surface area (TPSA) is 12.0 Å². The largest absolute Gasteiger partial charge is 0.319 e. The van der Waals surface area contributed by atoms with Crippen LogP contribution in [-0.4, -0.2) is 13.6 Å². The van der Waals surface area contributed by atoms with Gasteiger partial charge in [0.15, 0.2) is 0 Å². The third-order valence-electron chi connectivity index (χ3n) is 3.16. The average molecular weight is 304 g/mol. The Hall–Kier alpha value is -1.12. The Morgan fingerprint density at radius 3 is 1.94 bits per heavy atom. The van der Waals surface area contributed by atoms with Crippen molar-refractivity contribution in [2.24, 2.45) is 0 Å². The molecular weight excluding hydrogens is 286 g/mol. The van der Waals surface area contributed by atoms with Gasteiger partial charge >= 0.3 is 0 Å². The number of likely N-dealkylation sites (N-methyl/N-ethyl adjacent to an activating group) is 1. The maximum atomic E-state index is 3.48. The van der Waals surface area contributed by atoms with E-state index in [1.165, 1.54) is 16.7 Å². The van der Waals surface area contributed by atoms with E-state index in [0.29, 0.717) is 5.92 Å². The van der Waals surface area contributed by atoms with Gasteiger partial charge in [0.05, 0.1) is 0 Å². The smallest absolute Gasteiger partial charge is 0.0214 e. The fourth-order valence-electron chi connectivity index (χ4n) is 2.13. The zero-order chi connectivity index (χ0) is 13.0. The Morgan fingerprint density at radius 2 is 1.44 bits per heavy atom. The molecule has 18 heavy (non-hydrogen) atoms. The van der Waals surface area contributed by atoms with Crippen LogP contribution in [0.2, 0.25) is 0 Å². The molecule has 1 atom stereocenters. The van der Waals surface area contributed by atoms with Crippen molar-refractivity contribution in [1.29, 1.82) is 0 Å². The van der Waals surface area contributed by atoms with E-state index < -0.39 is 0 Å². The van der Waals surface area contributed by atoms with Crippen LogP contribution in [-0.2, 0) is 0 Å².